The highest BCUT2D eigenvalue weighted by molar-refractivity contribution is 5.30. The SMILES string of the molecule is CCc1nc(C2(OC)CCC(C)CC2)nc2c1CCNC2. The van der Waals surface area contributed by atoms with E-state index >= 15 is 0 Å². The minimum atomic E-state index is -0.261. The largest absolute Gasteiger partial charge is 0.370 e. The molecule has 1 N–H and O–H groups in total. The Hall–Kier alpha value is -1.00. The molecule has 1 aliphatic heterocycles. The van der Waals surface area contributed by atoms with Gasteiger partial charge in [0.25, 0.3) is 0 Å². The Morgan fingerprint density at radius 1 is 1.29 bits per heavy atom. The fraction of sp³-hybridized carbons (Fsp3) is 0.765. The Morgan fingerprint density at radius 3 is 2.71 bits per heavy atom. The van der Waals surface area contributed by atoms with Crippen molar-refractivity contribution < 1.29 is 4.74 Å². The average molecular weight is 289 g/mol. The van der Waals surface area contributed by atoms with Gasteiger partial charge in [0.15, 0.2) is 5.82 Å². The lowest BCUT2D eigenvalue weighted by atomic mass is 9.78. The molecule has 0 aromatic carbocycles. The Bertz CT molecular complexity index is 490. The summed E-state index contributed by atoms with van der Waals surface area (Å²) in [7, 11) is 1.82. The minimum absolute atomic E-state index is 0.261. The molecule has 0 unspecified atom stereocenters. The van der Waals surface area contributed by atoms with Gasteiger partial charge in [-0.05, 0) is 56.6 Å². The first-order valence-corrected chi connectivity index (χ1v) is 8.33. The van der Waals surface area contributed by atoms with Crippen molar-refractivity contribution in [1.82, 2.24) is 15.3 Å². The lowest BCUT2D eigenvalue weighted by molar-refractivity contribution is -0.0600. The van der Waals surface area contributed by atoms with Crippen LogP contribution in [0.2, 0.25) is 0 Å². The lowest BCUT2D eigenvalue weighted by Crippen LogP contribution is -2.37. The average Bonchev–Trinajstić information content (AvgIpc) is 2.55. The second kappa shape index (κ2) is 6.01. The molecule has 1 fully saturated rings. The monoisotopic (exact) mass is 289 g/mol. The van der Waals surface area contributed by atoms with E-state index in [1.54, 1.807) is 0 Å². The molecule has 2 aliphatic rings. The Labute approximate surface area is 127 Å². The van der Waals surface area contributed by atoms with E-state index in [0.29, 0.717) is 0 Å². The Morgan fingerprint density at radius 2 is 2.05 bits per heavy atom. The first kappa shape index (κ1) is 14.9. The molecular weight excluding hydrogens is 262 g/mol. The predicted octanol–water partition coefficient (Wildman–Crippen LogP) is 2.74. The van der Waals surface area contributed by atoms with Crippen LogP contribution in [0.15, 0.2) is 0 Å². The third kappa shape index (κ3) is 2.71. The van der Waals surface area contributed by atoms with E-state index in [-0.39, 0.29) is 5.60 Å². The number of aryl methyl sites for hydroxylation is 1. The van der Waals surface area contributed by atoms with Crippen molar-refractivity contribution in [3.63, 3.8) is 0 Å². The molecule has 2 heterocycles. The van der Waals surface area contributed by atoms with Crippen molar-refractivity contribution in [2.24, 2.45) is 5.92 Å². The molecule has 0 spiro atoms. The van der Waals surface area contributed by atoms with Crippen molar-refractivity contribution in [2.45, 2.75) is 64.5 Å². The van der Waals surface area contributed by atoms with Crippen molar-refractivity contribution in [3.8, 4) is 0 Å². The van der Waals surface area contributed by atoms with Crippen LogP contribution in [0.5, 0.6) is 0 Å². The molecule has 4 nitrogen and oxygen atoms in total. The van der Waals surface area contributed by atoms with E-state index < -0.39 is 0 Å². The van der Waals surface area contributed by atoms with E-state index in [1.165, 1.54) is 29.8 Å². The highest BCUT2D eigenvalue weighted by Gasteiger charge is 2.39. The van der Waals surface area contributed by atoms with E-state index in [4.69, 9.17) is 14.7 Å². The van der Waals surface area contributed by atoms with Crippen molar-refractivity contribution in [2.75, 3.05) is 13.7 Å². The second-order valence-corrected chi connectivity index (χ2v) is 6.58. The van der Waals surface area contributed by atoms with Gasteiger partial charge < -0.3 is 10.1 Å². The fourth-order valence-corrected chi connectivity index (χ4v) is 3.68. The van der Waals surface area contributed by atoms with E-state index in [1.807, 2.05) is 7.11 Å². The summed E-state index contributed by atoms with van der Waals surface area (Å²) in [6.07, 6.45) is 6.52. The Balaban J connectivity index is 2.00. The van der Waals surface area contributed by atoms with Crippen LogP contribution in [0, 0.1) is 5.92 Å². The smallest absolute Gasteiger partial charge is 0.160 e. The standard InChI is InChI=1S/C17H27N3O/c1-4-14-13-7-10-18-11-15(13)20-16(19-14)17(21-3)8-5-12(2)6-9-17/h12,18H,4-11H2,1-3H3. The second-order valence-electron chi connectivity index (χ2n) is 6.58. The number of hydrogen-bond donors (Lipinski definition) is 1. The summed E-state index contributed by atoms with van der Waals surface area (Å²) in [5.74, 6) is 1.72. The molecule has 116 valence electrons. The molecule has 1 aliphatic carbocycles. The zero-order valence-corrected chi connectivity index (χ0v) is 13.5. The molecule has 0 bridgehead atoms. The first-order valence-electron chi connectivity index (χ1n) is 8.33. The molecule has 1 saturated carbocycles. The van der Waals surface area contributed by atoms with Crippen LogP contribution in [-0.4, -0.2) is 23.6 Å². The quantitative estimate of drug-likeness (QED) is 0.929. The van der Waals surface area contributed by atoms with Crippen molar-refractivity contribution in [1.29, 1.82) is 0 Å². The third-order valence-corrected chi connectivity index (χ3v) is 5.24. The van der Waals surface area contributed by atoms with Crippen LogP contribution in [-0.2, 0) is 29.7 Å². The van der Waals surface area contributed by atoms with Crippen LogP contribution in [0.3, 0.4) is 0 Å². The zero-order valence-electron chi connectivity index (χ0n) is 13.5. The summed E-state index contributed by atoms with van der Waals surface area (Å²) < 4.78 is 5.96. The number of nitrogens with one attached hydrogen (secondary N) is 1. The summed E-state index contributed by atoms with van der Waals surface area (Å²) in [5, 5.41) is 3.43. The molecule has 4 heteroatoms. The van der Waals surface area contributed by atoms with Gasteiger partial charge in [0.1, 0.15) is 5.60 Å². The molecule has 3 rings (SSSR count). The maximum absolute atomic E-state index is 5.96. The summed E-state index contributed by atoms with van der Waals surface area (Å²) >= 11 is 0. The molecule has 1 aromatic rings. The van der Waals surface area contributed by atoms with E-state index in [9.17, 15) is 0 Å². The van der Waals surface area contributed by atoms with Gasteiger partial charge in [0, 0.05) is 19.3 Å². The zero-order chi connectivity index (χ0) is 14.9. The minimum Gasteiger partial charge on any atom is -0.370 e. The fourth-order valence-electron chi connectivity index (χ4n) is 3.68. The number of methoxy groups -OCH3 is 1. The van der Waals surface area contributed by atoms with Crippen LogP contribution < -0.4 is 5.32 Å². The van der Waals surface area contributed by atoms with Gasteiger partial charge >= 0.3 is 0 Å². The number of aromatic nitrogens is 2. The topological polar surface area (TPSA) is 47.0 Å². The third-order valence-electron chi connectivity index (χ3n) is 5.24. The van der Waals surface area contributed by atoms with E-state index in [0.717, 1.165) is 50.5 Å². The molecule has 21 heavy (non-hydrogen) atoms. The maximum atomic E-state index is 5.96. The number of nitrogens with zero attached hydrogens (tertiary/aromatic N) is 2. The van der Waals surface area contributed by atoms with Crippen molar-refractivity contribution in [3.05, 3.63) is 22.8 Å². The molecule has 0 radical (unpaired) electrons. The van der Waals surface area contributed by atoms with E-state index in [2.05, 4.69) is 19.2 Å². The number of hydrogen-bond acceptors (Lipinski definition) is 4. The van der Waals surface area contributed by atoms with Crippen LogP contribution >= 0.6 is 0 Å². The molecule has 0 atom stereocenters. The first-order chi connectivity index (χ1) is 10.2. The maximum Gasteiger partial charge on any atom is 0.160 e. The highest BCUT2D eigenvalue weighted by atomic mass is 16.5. The van der Waals surface area contributed by atoms with Crippen LogP contribution in [0.4, 0.5) is 0 Å². The normalized spacial score (nSPS) is 29.2. The highest BCUT2D eigenvalue weighted by Crippen LogP contribution is 2.41. The van der Waals surface area contributed by atoms with Crippen molar-refractivity contribution >= 4 is 0 Å². The van der Waals surface area contributed by atoms with Gasteiger partial charge in [-0.15, -0.1) is 0 Å². The predicted molar refractivity (Wildman–Crippen MR) is 83.1 cm³/mol. The molecule has 0 saturated heterocycles. The summed E-state index contributed by atoms with van der Waals surface area (Å²) in [5.41, 5.74) is 3.53. The lowest BCUT2D eigenvalue weighted by Gasteiger charge is -2.37. The summed E-state index contributed by atoms with van der Waals surface area (Å²) in [4.78, 5) is 9.85. The van der Waals surface area contributed by atoms with Gasteiger partial charge in [0.05, 0.1) is 5.69 Å². The summed E-state index contributed by atoms with van der Waals surface area (Å²) in [6, 6.07) is 0. The van der Waals surface area contributed by atoms with Gasteiger partial charge in [0.2, 0.25) is 0 Å². The number of rotatable bonds is 3. The van der Waals surface area contributed by atoms with Gasteiger partial charge in [-0.3, -0.25) is 0 Å². The number of fused-ring (bicyclic) bond motifs is 1. The van der Waals surface area contributed by atoms with Gasteiger partial charge in [-0.25, -0.2) is 9.97 Å². The van der Waals surface area contributed by atoms with Gasteiger partial charge in [-0.1, -0.05) is 13.8 Å². The molecule has 1 aromatic heterocycles. The summed E-state index contributed by atoms with van der Waals surface area (Å²) in [6.45, 7) is 6.43. The number of ether oxygens (including phenoxy) is 1. The van der Waals surface area contributed by atoms with Crippen LogP contribution in [0.25, 0.3) is 0 Å². The van der Waals surface area contributed by atoms with Crippen LogP contribution in [0.1, 0.15) is 62.3 Å². The Kier molecular flexibility index (Phi) is 4.27. The molecular formula is C17H27N3O. The molecule has 0 amide bonds. The van der Waals surface area contributed by atoms with Gasteiger partial charge in [-0.2, -0.15) is 0 Å².